The minimum Gasteiger partial charge on any atom is -0.484 e. The number of rotatable bonds is 8. The molecule has 4 rings (SSSR count). The first kappa shape index (κ1) is 26.3. The van der Waals surface area contributed by atoms with Crippen LogP contribution in [0.15, 0.2) is 60.0 Å². The minimum atomic E-state index is -4.78. The molecule has 196 valence electrons. The summed E-state index contributed by atoms with van der Waals surface area (Å²) in [5.74, 6) is -0.751. The lowest BCUT2D eigenvalue weighted by Crippen LogP contribution is -2.53. The molecular formula is C25H25F3N4O4S. The number of aromatic nitrogens is 1. The Bertz CT molecular complexity index is 1200. The molecule has 3 aromatic rings. The summed E-state index contributed by atoms with van der Waals surface area (Å²) in [7, 11) is 0. The average Bonchev–Trinajstić information content (AvgIpc) is 3.35. The van der Waals surface area contributed by atoms with Crippen molar-refractivity contribution in [3.05, 3.63) is 70.7 Å². The van der Waals surface area contributed by atoms with Gasteiger partial charge in [0.25, 0.3) is 11.8 Å². The number of carbonyl (C=O) groups is 2. The van der Waals surface area contributed by atoms with E-state index in [1.54, 1.807) is 10.3 Å². The second-order valence-electron chi connectivity index (χ2n) is 8.34. The van der Waals surface area contributed by atoms with E-state index >= 15 is 0 Å². The van der Waals surface area contributed by atoms with Crippen molar-refractivity contribution in [2.45, 2.75) is 25.9 Å². The number of nitrogens with zero attached hydrogens (tertiary/aromatic N) is 3. The third kappa shape index (κ3) is 7.35. The molecule has 0 radical (unpaired) electrons. The van der Waals surface area contributed by atoms with E-state index in [1.165, 1.54) is 23.5 Å². The number of ether oxygens (including phenoxy) is 2. The Morgan fingerprint density at radius 1 is 1.08 bits per heavy atom. The van der Waals surface area contributed by atoms with Crippen LogP contribution < -0.4 is 19.7 Å². The van der Waals surface area contributed by atoms with Crippen LogP contribution in [-0.4, -0.2) is 60.3 Å². The van der Waals surface area contributed by atoms with Gasteiger partial charge in [-0.15, -0.1) is 24.5 Å². The predicted molar refractivity (Wildman–Crippen MR) is 132 cm³/mol. The third-order valence-electron chi connectivity index (χ3n) is 5.64. The van der Waals surface area contributed by atoms with Gasteiger partial charge < -0.3 is 24.6 Å². The normalized spacial score (nSPS) is 15.8. The van der Waals surface area contributed by atoms with Gasteiger partial charge in [0, 0.05) is 36.7 Å². The van der Waals surface area contributed by atoms with Crippen molar-refractivity contribution in [2.75, 3.05) is 31.1 Å². The number of para-hydroxylation sites is 1. The van der Waals surface area contributed by atoms with Crippen LogP contribution in [0.5, 0.6) is 11.5 Å². The van der Waals surface area contributed by atoms with Crippen molar-refractivity contribution in [1.29, 1.82) is 0 Å². The Labute approximate surface area is 215 Å². The summed E-state index contributed by atoms with van der Waals surface area (Å²) >= 11 is 1.27. The van der Waals surface area contributed by atoms with Crippen LogP contribution in [0.3, 0.4) is 0 Å². The molecule has 1 aliphatic rings. The highest BCUT2D eigenvalue weighted by atomic mass is 32.1. The lowest BCUT2D eigenvalue weighted by Gasteiger charge is -2.41. The number of piperazine rings is 1. The van der Waals surface area contributed by atoms with Gasteiger partial charge >= 0.3 is 6.36 Å². The monoisotopic (exact) mass is 534 g/mol. The van der Waals surface area contributed by atoms with Crippen LogP contribution in [0.2, 0.25) is 0 Å². The van der Waals surface area contributed by atoms with E-state index in [0.29, 0.717) is 23.8 Å². The van der Waals surface area contributed by atoms with Crippen molar-refractivity contribution in [3.63, 3.8) is 0 Å². The van der Waals surface area contributed by atoms with Gasteiger partial charge in [-0.3, -0.25) is 9.59 Å². The number of hydrogen-bond donors (Lipinski definition) is 1. The van der Waals surface area contributed by atoms with Crippen molar-refractivity contribution in [2.24, 2.45) is 0 Å². The zero-order chi connectivity index (χ0) is 26.4. The van der Waals surface area contributed by atoms with E-state index in [0.717, 1.165) is 24.4 Å². The predicted octanol–water partition coefficient (Wildman–Crippen LogP) is 4.09. The number of halogens is 3. The Balaban J connectivity index is 1.22. The summed E-state index contributed by atoms with van der Waals surface area (Å²) in [4.78, 5) is 33.5. The summed E-state index contributed by atoms with van der Waals surface area (Å²) in [5.41, 5.74) is 1.47. The molecule has 1 N–H and O–H groups in total. The van der Waals surface area contributed by atoms with Crippen LogP contribution >= 0.6 is 11.3 Å². The molecular weight excluding hydrogens is 509 g/mol. The van der Waals surface area contributed by atoms with Crippen molar-refractivity contribution >= 4 is 28.8 Å². The second-order valence-corrected chi connectivity index (χ2v) is 9.28. The standard InChI is InChI=1S/C25H25F3N4O4S/c1-17-14-31(11-12-32(17)18-5-3-2-4-6-18)24(34)21-16-37-23(30-21)13-29-22(33)15-35-19-7-9-20(10-8-19)36-25(26,27)28/h2-10,16-17H,11-15H2,1H3,(H,29,33). The number of benzene rings is 2. The Morgan fingerprint density at radius 2 is 1.78 bits per heavy atom. The van der Waals surface area contributed by atoms with Crippen molar-refractivity contribution in [1.82, 2.24) is 15.2 Å². The summed E-state index contributed by atoms with van der Waals surface area (Å²) in [5, 5.41) is 4.90. The Morgan fingerprint density at radius 3 is 2.46 bits per heavy atom. The third-order valence-corrected chi connectivity index (χ3v) is 6.49. The molecule has 1 fully saturated rings. The van der Waals surface area contributed by atoms with Crippen LogP contribution in [0.1, 0.15) is 22.4 Å². The molecule has 1 aromatic heterocycles. The molecule has 1 atom stereocenters. The van der Waals surface area contributed by atoms with E-state index in [9.17, 15) is 22.8 Å². The number of amides is 2. The van der Waals surface area contributed by atoms with E-state index in [-0.39, 0.29) is 36.6 Å². The van der Waals surface area contributed by atoms with Crippen LogP contribution in [0.4, 0.5) is 18.9 Å². The maximum Gasteiger partial charge on any atom is 0.573 e. The molecule has 1 aliphatic heterocycles. The maximum atomic E-state index is 13.0. The summed E-state index contributed by atoms with van der Waals surface area (Å²) < 4.78 is 45.7. The van der Waals surface area contributed by atoms with Gasteiger partial charge in [0.1, 0.15) is 22.2 Å². The number of alkyl halides is 3. The number of hydrogen-bond acceptors (Lipinski definition) is 7. The summed E-state index contributed by atoms with van der Waals surface area (Å²) in [6.07, 6.45) is -4.78. The summed E-state index contributed by atoms with van der Waals surface area (Å²) in [6.45, 7) is 3.76. The van der Waals surface area contributed by atoms with E-state index < -0.39 is 12.3 Å². The number of anilines is 1. The van der Waals surface area contributed by atoms with Crippen molar-refractivity contribution < 1.29 is 32.2 Å². The van der Waals surface area contributed by atoms with Crippen LogP contribution in [-0.2, 0) is 11.3 Å². The molecule has 12 heteroatoms. The van der Waals surface area contributed by atoms with Gasteiger partial charge in [-0.1, -0.05) is 18.2 Å². The van der Waals surface area contributed by atoms with Gasteiger partial charge in [-0.2, -0.15) is 0 Å². The molecule has 0 aliphatic carbocycles. The molecule has 0 saturated carbocycles. The first-order chi connectivity index (χ1) is 17.7. The first-order valence-corrected chi connectivity index (χ1v) is 12.4. The highest BCUT2D eigenvalue weighted by molar-refractivity contribution is 7.09. The fourth-order valence-electron chi connectivity index (χ4n) is 3.91. The lowest BCUT2D eigenvalue weighted by molar-refractivity contribution is -0.274. The number of carbonyl (C=O) groups excluding carboxylic acids is 2. The zero-order valence-electron chi connectivity index (χ0n) is 19.9. The van der Waals surface area contributed by atoms with Gasteiger partial charge in [-0.05, 0) is 43.3 Å². The second kappa shape index (κ2) is 11.5. The van der Waals surface area contributed by atoms with E-state index in [1.807, 2.05) is 18.2 Å². The molecule has 1 saturated heterocycles. The maximum absolute atomic E-state index is 13.0. The number of nitrogens with one attached hydrogen (secondary N) is 1. The topological polar surface area (TPSA) is 84.0 Å². The van der Waals surface area contributed by atoms with Crippen LogP contribution in [0.25, 0.3) is 0 Å². The average molecular weight is 535 g/mol. The highest BCUT2D eigenvalue weighted by Crippen LogP contribution is 2.25. The summed E-state index contributed by atoms with van der Waals surface area (Å²) in [6, 6.07) is 15.0. The first-order valence-electron chi connectivity index (χ1n) is 11.5. The van der Waals surface area contributed by atoms with E-state index in [2.05, 4.69) is 39.0 Å². The SMILES string of the molecule is CC1CN(C(=O)c2csc(CNC(=O)COc3ccc(OC(F)(F)F)cc3)n2)CCN1c1ccccc1. The van der Waals surface area contributed by atoms with Gasteiger partial charge in [0.15, 0.2) is 6.61 Å². The fraction of sp³-hybridized carbons (Fsp3) is 0.320. The molecule has 8 nitrogen and oxygen atoms in total. The lowest BCUT2D eigenvalue weighted by atomic mass is 10.1. The van der Waals surface area contributed by atoms with Crippen molar-refractivity contribution in [3.8, 4) is 11.5 Å². The number of thiazole rings is 1. The van der Waals surface area contributed by atoms with E-state index in [4.69, 9.17) is 4.74 Å². The fourth-order valence-corrected chi connectivity index (χ4v) is 4.62. The quantitative estimate of drug-likeness (QED) is 0.469. The molecule has 2 aromatic carbocycles. The largest absolute Gasteiger partial charge is 0.573 e. The molecule has 2 heterocycles. The smallest absolute Gasteiger partial charge is 0.484 e. The Hall–Kier alpha value is -3.80. The molecule has 0 bridgehead atoms. The Kier molecular flexibility index (Phi) is 8.17. The molecule has 0 spiro atoms. The molecule has 37 heavy (non-hydrogen) atoms. The van der Waals surface area contributed by atoms with Gasteiger partial charge in [0.2, 0.25) is 0 Å². The highest BCUT2D eigenvalue weighted by Gasteiger charge is 2.31. The molecule has 1 unspecified atom stereocenters. The zero-order valence-corrected chi connectivity index (χ0v) is 20.7. The minimum absolute atomic E-state index is 0.122. The molecule has 2 amide bonds. The van der Waals surface area contributed by atoms with Gasteiger partial charge in [-0.25, -0.2) is 4.98 Å². The van der Waals surface area contributed by atoms with Gasteiger partial charge in [0.05, 0.1) is 6.54 Å². The van der Waals surface area contributed by atoms with Crippen LogP contribution in [0, 0.1) is 0 Å².